The number of furan rings is 1. The Bertz CT molecular complexity index is 2390. The number of nitrogens with zero attached hydrogens (tertiary/aromatic N) is 3. The van der Waals surface area contributed by atoms with Gasteiger partial charge in [-0.25, -0.2) is 0 Å². The SMILES string of the molecule is CC(C)Cc1ccc2c(-c3ccc(-c4cccc5ccccc45)cn3)[c-]c3ccoc3c2n1.Cc1c[c-]c(-c2cc(C)c(C)cn2)cc1C.[Ir]. The molecule has 0 atom stereocenters. The zero-order valence-electron chi connectivity index (χ0n) is 29.3. The Labute approximate surface area is 308 Å². The van der Waals surface area contributed by atoms with E-state index in [1.165, 1.54) is 38.6 Å². The quantitative estimate of drug-likeness (QED) is 0.162. The molecule has 5 heteroatoms. The first-order valence-electron chi connectivity index (χ1n) is 16.8. The van der Waals surface area contributed by atoms with Crippen LogP contribution in [0.15, 0.2) is 114 Å². The van der Waals surface area contributed by atoms with Gasteiger partial charge in [-0.15, -0.1) is 41.0 Å². The average molecular weight is 830 g/mol. The van der Waals surface area contributed by atoms with Gasteiger partial charge in [0.05, 0.1) is 5.58 Å². The van der Waals surface area contributed by atoms with Crippen molar-refractivity contribution in [2.45, 2.75) is 48.0 Å². The summed E-state index contributed by atoms with van der Waals surface area (Å²) in [7, 11) is 0. The molecule has 4 aromatic carbocycles. The predicted octanol–water partition coefficient (Wildman–Crippen LogP) is 11.6. The molecule has 251 valence electrons. The fraction of sp³-hybridized carbons (Fsp3) is 0.178. The zero-order valence-corrected chi connectivity index (χ0v) is 31.7. The Morgan fingerprint density at radius 1 is 0.720 bits per heavy atom. The van der Waals surface area contributed by atoms with Crippen molar-refractivity contribution >= 4 is 32.6 Å². The Morgan fingerprint density at radius 3 is 2.26 bits per heavy atom. The van der Waals surface area contributed by atoms with E-state index in [9.17, 15) is 0 Å². The van der Waals surface area contributed by atoms with Gasteiger partial charge >= 0.3 is 0 Å². The minimum atomic E-state index is 0. The van der Waals surface area contributed by atoms with Crippen LogP contribution in [0.3, 0.4) is 0 Å². The molecular formula is C45H39IrN3O-2. The van der Waals surface area contributed by atoms with Crippen molar-refractivity contribution in [3.63, 3.8) is 0 Å². The van der Waals surface area contributed by atoms with Crippen LogP contribution in [0.4, 0.5) is 0 Å². The van der Waals surface area contributed by atoms with E-state index in [0.717, 1.165) is 62.1 Å². The number of rotatable bonds is 5. The Balaban J connectivity index is 0.000000215. The molecule has 8 aromatic rings. The summed E-state index contributed by atoms with van der Waals surface area (Å²) in [6, 6.07) is 38.3. The number of aromatic nitrogens is 3. The van der Waals surface area contributed by atoms with Crippen LogP contribution < -0.4 is 0 Å². The molecule has 4 nitrogen and oxygen atoms in total. The van der Waals surface area contributed by atoms with Crippen molar-refractivity contribution in [3.05, 3.63) is 150 Å². The van der Waals surface area contributed by atoms with Crippen molar-refractivity contribution in [1.29, 1.82) is 0 Å². The van der Waals surface area contributed by atoms with Gasteiger partial charge in [0.25, 0.3) is 0 Å². The molecule has 0 saturated heterocycles. The predicted molar refractivity (Wildman–Crippen MR) is 203 cm³/mol. The number of aryl methyl sites for hydroxylation is 4. The molecule has 0 aliphatic rings. The molecule has 0 aliphatic carbocycles. The van der Waals surface area contributed by atoms with Gasteiger partial charge in [-0.05, 0) is 65.4 Å². The van der Waals surface area contributed by atoms with Crippen LogP contribution in [0.1, 0.15) is 41.8 Å². The van der Waals surface area contributed by atoms with Gasteiger partial charge in [0.15, 0.2) is 0 Å². The van der Waals surface area contributed by atoms with Gasteiger partial charge < -0.3 is 9.40 Å². The fourth-order valence-corrected chi connectivity index (χ4v) is 6.17. The van der Waals surface area contributed by atoms with Gasteiger partial charge in [0.1, 0.15) is 0 Å². The minimum absolute atomic E-state index is 0. The summed E-state index contributed by atoms with van der Waals surface area (Å²) in [6.45, 7) is 12.8. The molecule has 50 heavy (non-hydrogen) atoms. The van der Waals surface area contributed by atoms with E-state index in [4.69, 9.17) is 14.4 Å². The number of hydrogen-bond donors (Lipinski definition) is 0. The Kier molecular flexibility index (Phi) is 10.4. The number of benzene rings is 4. The molecule has 4 heterocycles. The van der Waals surface area contributed by atoms with Crippen molar-refractivity contribution in [2.75, 3.05) is 0 Å². The largest absolute Gasteiger partial charge is 0.506 e. The normalized spacial score (nSPS) is 11.1. The smallest absolute Gasteiger partial charge is 0.0847 e. The maximum absolute atomic E-state index is 5.79. The number of pyridine rings is 3. The zero-order chi connectivity index (χ0) is 34.1. The molecule has 0 aliphatic heterocycles. The molecule has 0 N–H and O–H groups in total. The van der Waals surface area contributed by atoms with Crippen LogP contribution in [-0.2, 0) is 26.5 Å². The number of fused-ring (bicyclic) bond motifs is 4. The van der Waals surface area contributed by atoms with E-state index in [2.05, 4.69) is 138 Å². The Morgan fingerprint density at radius 2 is 1.50 bits per heavy atom. The maximum Gasteiger partial charge on any atom is 0.0847 e. The Hall–Kier alpha value is -4.96. The van der Waals surface area contributed by atoms with Crippen LogP contribution in [0, 0.1) is 45.7 Å². The van der Waals surface area contributed by atoms with E-state index in [1.54, 1.807) is 6.26 Å². The van der Waals surface area contributed by atoms with Gasteiger partial charge in [-0.1, -0.05) is 122 Å². The molecule has 8 rings (SSSR count). The molecule has 0 bridgehead atoms. The summed E-state index contributed by atoms with van der Waals surface area (Å²) in [5, 5.41) is 4.39. The molecule has 0 amide bonds. The van der Waals surface area contributed by atoms with Crippen LogP contribution in [0.25, 0.3) is 66.3 Å². The van der Waals surface area contributed by atoms with E-state index >= 15 is 0 Å². The summed E-state index contributed by atoms with van der Waals surface area (Å²) < 4.78 is 5.79. The molecular weight excluding hydrogens is 791 g/mol. The minimum Gasteiger partial charge on any atom is -0.506 e. The van der Waals surface area contributed by atoms with Gasteiger partial charge in [-0.3, -0.25) is 9.97 Å². The van der Waals surface area contributed by atoms with Crippen LogP contribution in [0.5, 0.6) is 0 Å². The summed E-state index contributed by atoms with van der Waals surface area (Å²) in [6.07, 6.45) is 6.52. The van der Waals surface area contributed by atoms with Crippen molar-refractivity contribution in [2.24, 2.45) is 5.92 Å². The first-order chi connectivity index (χ1) is 23.7. The third kappa shape index (κ3) is 7.16. The maximum atomic E-state index is 5.79. The van der Waals surface area contributed by atoms with Gasteiger partial charge in [0.2, 0.25) is 0 Å². The van der Waals surface area contributed by atoms with Crippen molar-refractivity contribution in [1.82, 2.24) is 15.0 Å². The second-order valence-corrected chi connectivity index (χ2v) is 13.3. The molecule has 0 saturated carbocycles. The first-order valence-corrected chi connectivity index (χ1v) is 16.8. The standard InChI is InChI=1S/C30H23N2O.C15H16N.Ir/c1-19(2)16-23-11-12-26-27(17-21-14-15-33-30(21)29(26)32-23)28-13-10-22(18-31-28)25-9-5-7-20-6-3-4-8-24(20)25;1-10-5-6-14(7-11(10)2)15-8-12(3)13(4)9-16-15;/h3-15,18-19H,16H2,1-2H3;5,7-9H,1-4H3;/q2*-1;. The third-order valence-electron chi connectivity index (χ3n) is 9.18. The van der Waals surface area contributed by atoms with Crippen molar-refractivity contribution in [3.8, 4) is 33.6 Å². The number of hydrogen-bond acceptors (Lipinski definition) is 4. The summed E-state index contributed by atoms with van der Waals surface area (Å²) in [4.78, 5) is 14.3. The summed E-state index contributed by atoms with van der Waals surface area (Å²) in [5.74, 6) is 0.542. The van der Waals surface area contributed by atoms with E-state index in [1.807, 2.05) is 24.5 Å². The van der Waals surface area contributed by atoms with Crippen LogP contribution in [0.2, 0.25) is 0 Å². The monoisotopic (exact) mass is 830 g/mol. The molecule has 0 unspecified atom stereocenters. The molecule has 0 fully saturated rings. The van der Waals surface area contributed by atoms with E-state index in [-0.39, 0.29) is 20.1 Å². The summed E-state index contributed by atoms with van der Waals surface area (Å²) in [5.41, 5.74) is 14.0. The van der Waals surface area contributed by atoms with Gasteiger partial charge in [-0.2, -0.15) is 0 Å². The topological polar surface area (TPSA) is 51.8 Å². The van der Waals surface area contributed by atoms with E-state index < -0.39 is 0 Å². The second kappa shape index (κ2) is 14.9. The van der Waals surface area contributed by atoms with Crippen molar-refractivity contribution < 1.29 is 24.5 Å². The van der Waals surface area contributed by atoms with Crippen LogP contribution >= 0.6 is 0 Å². The molecule has 1 radical (unpaired) electrons. The second-order valence-electron chi connectivity index (χ2n) is 13.3. The van der Waals surface area contributed by atoms with E-state index in [0.29, 0.717) is 5.92 Å². The summed E-state index contributed by atoms with van der Waals surface area (Å²) >= 11 is 0. The van der Waals surface area contributed by atoms with Gasteiger partial charge in [0, 0.05) is 55.7 Å². The van der Waals surface area contributed by atoms with Crippen LogP contribution in [-0.4, -0.2) is 15.0 Å². The fourth-order valence-electron chi connectivity index (χ4n) is 6.17. The molecule has 4 aromatic heterocycles. The molecule has 0 spiro atoms. The average Bonchev–Trinajstić information content (AvgIpc) is 3.59. The third-order valence-corrected chi connectivity index (χ3v) is 9.18. The first kappa shape index (κ1) is 34.9.